The number of carbonyl (C=O) groups is 2. The normalized spacial score (nSPS) is 14.4. The van der Waals surface area contributed by atoms with E-state index in [-0.39, 0.29) is 11.8 Å². The Bertz CT molecular complexity index is 1530. The first-order chi connectivity index (χ1) is 19.8. The average Bonchev–Trinajstić information content (AvgIpc) is 3.53. The number of benzene rings is 1. The SMILES string of the molecule is CC(=O)N1CCc2c(c(-c3ccc(C(=O)NCC4=NCCN4)cn3)nc3ccc(N)c(C=N)c23)C1.CCC(C)=NC. The number of rotatable bonds is 6. The van der Waals surface area contributed by atoms with Crippen molar-refractivity contribution in [1.82, 2.24) is 25.5 Å². The fourth-order valence-electron chi connectivity index (χ4n) is 4.77. The molecule has 2 aliphatic heterocycles. The lowest BCUT2D eigenvalue weighted by molar-refractivity contribution is -0.129. The minimum Gasteiger partial charge on any atom is -0.398 e. The van der Waals surface area contributed by atoms with E-state index in [1.165, 1.54) is 18.1 Å². The topological polar surface area (TPSA) is 162 Å². The molecule has 3 aromatic rings. The molecule has 0 aliphatic carbocycles. The molecule has 0 unspecified atom stereocenters. The summed E-state index contributed by atoms with van der Waals surface area (Å²) in [6, 6.07) is 7.09. The van der Waals surface area contributed by atoms with Crippen LogP contribution in [0.4, 0.5) is 5.69 Å². The minimum absolute atomic E-state index is 0.0112. The molecule has 0 bridgehead atoms. The quantitative estimate of drug-likeness (QED) is 0.270. The summed E-state index contributed by atoms with van der Waals surface area (Å²) in [7, 11) is 1.82. The molecule has 0 fully saturated rings. The van der Waals surface area contributed by atoms with Crippen molar-refractivity contribution < 1.29 is 9.59 Å². The molecule has 2 aliphatic rings. The second kappa shape index (κ2) is 13.1. The number of hydrogen-bond donors (Lipinski definition) is 4. The van der Waals surface area contributed by atoms with E-state index < -0.39 is 0 Å². The molecule has 1 aromatic carbocycles. The summed E-state index contributed by atoms with van der Waals surface area (Å²) in [6.07, 6.45) is 4.50. The summed E-state index contributed by atoms with van der Waals surface area (Å²) < 4.78 is 0. The van der Waals surface area contributed by atoms with Crippen LogP contribution in [0.3, 0.4) is 0 Å². The van der Waals surface area contributed by atoms with Crippen molar-refractivity contribution in [2.24, 2.45) is 9.98 Å². The molecule has 214 valence electrons. The van der Waals surface area contributed by atoms with Gasteiger partial charge in [-0.1, -0.05) is 6.92 Å². The van der Waals surface area contributed by atoms with Gasteiger partial charge in [-0.15, -0.1) is 0 Å². The number of carbonyl (C=O) groups excluding carboxylic acids is 2. The number of nitrogens with two attached hydrogens (primary N) is 1. The van der Waals surface area contributed by atoms with Crippen LogP contribution in [0.25, 0.3) is 22.3 Å². The standard InChI is InChI=1S/C25H26N8O2.C5H11N/c1-14(34)33-9-6-16-18(13-33)24(32-20-5-3-19(27)17(10-26)23(16)20)21-4-2-15(11-30-21)25(35)31-12-22-28-7-8-29-22;1-4-5(2)6-3/h2-5,10-11,26H,6-9,12-13,27H2,1H3,(H,28,29)(H,31,35);4H2,1-3H3. The largest absolute Gasteiger partial charge is 0.398 e. The molecule has 11 heteroatoms. The van der Waals surface area contributed by atoms with Gasteiger partial charge in [0.2, 0.25) is 5.91 Å². The number of fused-ring (bicyclic) bond motifs is 3. The molecule has 11 nitrogen and oxygen atoms in total. The number of aliphatic imine (C=N–C) groups is 2. The van der Waals surface area contributed by atoms with Crippen LogP contribution < -0.4 is 16.4 Å². The summed E-state index contributed by atoms with van der Waals surface area (Å²) in [6.45, 7) is 8.52. The lowest BCUT2D eigenvalue weighted by Crippen LogP contribution is -2.35. The zero-order valence-corrected chi connectivity index (χ0v) is 24.0. The molecule has 2 amide bonds. The van der Waals surface area contributed by atoms with E-state index >= 15 is 0 Å². The van der Waals surface area contributed by atoms with E-state index in [4.69, 9.17) is 16.1 Å². The van der Waals surface area contributed by atoms with Gasteiger partial charge in [-0.2, -0.15) is 0 Å². The molecule has 5 N–H and O–H groups in total. The van der Waals surface area contributed by atoms with E-state index in [0.717, 1.165) is 47.4 Å². The van der Waals surface area contributed by atoms with Crippen molar-refractivity contribution in [1.29, 1.82) is 5.41 Å². The maximum Gasteiger partial charge on any atom is 0.253 e. The van der Waals surface area contributed by atoms with E-state index in [1.807, 2.05) is 20.0 Å². The summed E-state index contributed by atoms with van der Waals surface area (Å²) in [5.41, 5.74) is 12.9. The van der Waals surface area contributed by atoms with Crippen LogP contribution in [0.5, 0.6) is 0 Å². The van der Waals surface area contributed by atoms with Crippen molar-refractivity contribution in [2.75, 3.05) is 39.0 Å². The minimum atomic E-state index is -0.234. The van der Waals surface area contributed by atoms with Crippen molar-refractivity contribution in [3.63, 3.8) is 0 Å². The Morgan fingerprint density at radius 1 is 1.22 bits per heavy atom. The number of aromatic nitrogens is 2. The fourth-order valence-corrected chi connectivity index (χ4v) is 4.77. The molecule has 0 saturated carbocycles. The monoisotopic (exact) mass is 555 g/mol. The summed E-state index contributed by atoms with van der Waals surface area (Å²) in [5.74, 6) is 0.528. The molecule has 0 radical (unpaired) electrons. The van der Waals surface area contributed by atoms with Gasteiger partial charge < -0.3 is 26.7 Å². The van der Waals surface area contributed by atoms with E-state index in [0.29, 0.717) is 54.3 Å². The number of nitrogen functional groups attached to an aromatic ring is 1. The molecule has 41 heavy (non-hydrogen) atoms. The van der Waals surface area contributed by atoms with Gasteiger partial charge in [0, 0.05) is 73.9 Å². The maximum atomic E-state index is 12.6. The number of pyridine rings is 2. The van der Waals surface area contributed by atoms with Gasteiger partial charge in [-0.3, -0.25) is 24.6 Å². The number of nitrogens with zero attached hydrogens (tertiary/aromatic N) is 5. The highest BCUT2D eigenvalue weighted by Crippen LogP contribution is 2.36. The number of hydrogen-bond acceptors (Lipinski definition) is 9. The number of amides is 2. The molecule has 4 heterocycles. The van der Waals surface area contributed by atoms with Crippen molar-refractivity contribution in [3.8, 4) is 11.4 Å². The summed E-state index contributed by atoms with van der Waals surface area (Å²) in [4.78, 5) is 44.1. The van der Waals surface area contributed by atoms with Gasteiger partial charge in [-0.25, -0.2) is 4.98 Å². The lowest BCUT2D eigenvalue weighted by atomic mass is 9.90. The van der Waals surface area contributed by atoms with Crippen LogP contribution in [0.2, 0.25) is 0 Å². The second-order valence-electron chi connectivity index (χ2n) is 9.90. The molecule has 0 atom stereocenters. The first-order valence-electron chi connectivity index (χ1n) is 13.7. The fraction of sp³-hybridized carbons (Fsp3) is 0.367. The van der Waals surface area contributed by atoms with Crippen LogP contribution in [-0.2, 0) is 17.8 Å². The van der Waals surface area contributed by atoms with Gasteiger partial charge in [0.15, 0.2) is 0 Å². The zero-order chi connectivity index (χ0) is 29.5. The Labute approximate surface area is 239 Å². The Hall–Kier alpha value is -4.67. The van der Waals surface area contributed by atoms with Crippen LogP contribution >= 0.6 is 0 Å². The van der Waals surface area contributed by atoms with E-state index in [2.05, 4.69) is 32.5 Å². The molecule has 0 spiro atoms. The molecule has 0 saturated heterocycles. The van der Waals surface area contributed by atoms with Gasteiger partial charge in [0.05, 0.1) is 35.6 Å². The van der Waals surface area contributed by atoms with Crippen molar-refractivity contribution in [3.05, 3.63) is 52.7 Å². The first-order valence-corrected chi connectivity index (χ1v) is 13.7. The van der Waals surface area contributed by atoms with Gasteiger partial charge in [0.25, 0.3) is 5.91 Å². The highest BCUT2D eigenvalue weighted by molar-refractivity contribution is 6.05. The van der Waals surface area contributed by atoms with E-state index in [1.54, 1.807) is 30.0 Å². The Kier molecular flexibility index (Phi) is 9.38. The Morgan fingerprint density at radius 3 is 2.61 bits per heavy atom. The molecular formula is C30H37N9O2. The second-order valence-corrected chi connectivity index (χ2v) is 9.90. The van der Waals surface area contributed by atoms with Crippen LogP contribution in [-0.4, -0.2) is 77.7 Å². The number of nitrogens with one attached hydrogen (secondary N) is 3. The van der Waals surface area contributed by atoms with E-state index in [9.17, 15) is 9.59 Å². The third-order valence-corrected chi connectivity index (χ3v) is 7.33. The maximum absolute atomic E-state index is 12.6. The number of amidine groups is 1. The van der Waals surface area contributed by atoms with Gasteiger partial charge >= 0.3 is 0 Å². The van der Waals surface area contributed by atoms with Crippen LogP contribution in [0, 0.1) is 5.41 Å². The van der Waals surface area contributed by atoms with Crippen molar-refractivity contribution >= 4 is 46.2 Å². The molecule has 2 aromatic heterocycles. The highest BCUT2D eigenvalue weighted by atomic mass is 16.2. The van der Waals surface area contributed by atoms with Gasteiger partial charge in [0.1, 0.15) is 5.84 Å². The molecular weight excluding hydrogens is 518 g/mol. The van der Waals surface area contributed by atoms with Crippen LogP contribution in [0.15, 0.2) is 40.4 Å². The van der Waals surface area contributed by atoms with Crippen molar-refractivity contribution in [2.45, 2.75) is 40.2 Å². The van der Waals surface area contributed by atoms with Gasteiger partial charge in [-0.05, 0) is 49.6 Å². The van der Waals surface area contributed by atoms with Crippen LogP contribution in [0.1, 0.15) is 54.2 Å². The third kappa shape index (κ3) is 6.56. The average molecular weight is 556 g/mol. The summed E-state index contributed by atoms with van der Waals surface area (Å²) >= 11 is 0. The smallest absolute Gasteiger partial charge is 0.253 e. The predicted octanol–water partition coefficient (Wildman–Crippen LogP) is 3.00. The molecule has 5 rings (SSSR count). The summed E-state index contributed by atoms with van der Waals surface area (Å²) in [5, 5.41) is 14.7. The highest BCUT2D eigenvalue weighted by Gasteiger charge is 2.26. The lowest BCUT2D eigenvalue weighted by Gasteiger charge is -2.30. The first kappa shape index (κ1) is 29.3. The Balaban J connectivity index is 0.000000585. The number of anilines is 1. The zero-order valence-electron chi connectivity index (χ0n) is 24.0. The Morgan fingerprint density at radius 2 is 2.02 bits per heavy atom. The third-order valence-electron chi connectivity index (χ3n) is 7.33. The predicted molar refractivity (Wildman–Crippen MR) is 164 cm³/mol.